The molecule has 2 unspecified atom stereocenters. The van der Waals surface area contributed by atoms with Crippen molar-refractivity contribution in [2.24, 2.45) is 0 Å². The number of carbonyl (C=O) groups is 1. The molecule has 3 aliphatic heterocycles. The SMILES string of the molecule is COc1ccc2c(c1O)C(=O)OC2C1c2cc3c(cc2CCN1C)OCO3. The number of aromatic hydroxyl groups is 1. The molecule has 2 atom stereocenters. The highest BCUT2D eigenvalue weighted by Crippen LogP contribution is 2.50. The minimum Gasteiger partial charge on any atom is -0.504 e. The zero-order valence-electron chi connectivity index (χ0n) is 15.0. The monoisotopic (exact) mass is 369 g/mol. The predicted molar refractivity (Wildman–Crippen MR) is 94.5 cm³/mol. The summed E-state index contributed by atoms with van der Waals surface area (Å²) in [7, 11) is 3.46. The lowest BCUT2D eigenvalue weighted by atomic mass is 9.86. The topological polar surface area (TPSA) is 77.5 Å². The lowest BCUT2D eigenvalue weighted by Gasteiger charge is -2.37. The van der Waals surface area contributed by atoms with Crippen molar-refractivity contribution in [2.45, 2.75) is 18.6 Å². The number of ether oxygens (including phenoxy) is 4. The Morgan fingerprint density at radius 2 is 1.96 bits per heavy atom. The standard InChI is InChI=1S/C20H19NO6/c1-21-6-5-10-7-14-15(26-9-25-14)8-12(10)17(21)19-11-3-4-13(24-2)18(22)16(11)20(23)27-19/h3-4,7-8,17,19,22H,5-6,9H2,1-2H3. The van der Waals surface area contributed by atoms with Gasteiger partial charge in [0.05, 0.1) is 13.2 Å². The number of cyclic esters (lactones) is 1. The van der Waals surface area contributed by atoms with Crippen LogP contribution in [0.3, 0.4) is 0 Å². The molecule has 0 fully saturated rings. The Kier molecular flexibility index (Phi) is 3.48. The number of hydrogen-bond acceptors (Lipinski definition) is 7. The van der Waals surface area contributed by atoms with Gasteiger partial charge in [-0.3, -0.25) is 4.90 Å². The van der Waals surface area contributed by atoms with Gasteiger partial charge in [0.2, 0.25) is 6.79 Å². The molecule has 0 bridgehead atoms. The van der Waals surface area contributed by atoms with Crippen molar-refractivity contribution in [3.05, 3.63) is 46.5 Å². The first-order chi connectivity index (χ1) is 13.1. The van der Waals surface area contributed by atoms with Gasteiger partial charge in [-0.05, 0) is 42.8 Å². The Hall–Kier alpha value is -2.93. The van der Waals surface area contributed by atoms with E-state index in [9.17, 15) is 9.90 Å². The molecule has 0 saturated carbocycles. The largest absolute Gasteiger partial charge is 0.504 e. The summed E-state index contributed by atoms with van der Waals surface area (Å²) in [4.78, 5) is 14.7. The van der Waals surface area contributed by atoms with Gasteiger partial charge in [-0.1, -0.05) is 6.07 Å². The van der Waals surface area contributed by atoms with Crippen LogP contribution in [0.25, 0.3) is 0 Å². The highest BCUT2D eigenvalue weighted by atomic mass is 16.7. The average molecular weight is 369 g/mol. The summed E-state index contributed by atoms with van der Waals surface area (Å²) in [6.07, 6.45) is 0.356. The smallest absolute Gasteiger partial charge is 0.343 e. The molecule has 3 heterocycles. The molecule has 140 valence electrons. The van der Waals surface area contributed by atoms with Crippen LogP contribution in [-0.2, 0) is 11.2 Å². The lowest BCUT2D eigenvalue weighted by Crippen LogP contribution is -2.36. The molecule has 2 aromatic carbocycles. The van der Waals surface area contributed by atoms with E-state index in [1.807, 2.05) is 19.2 Å². The van der Waals surface area contributed by atoms with Crippen molar-refractivity contribution in [3.8, 4) is 23.0 Å². The van der Waals surface area contributed by atoms with Crippen molar-refractivity contribution in [3.63, 3.8) is 0 Å². The van der Waals surface area contributed by atoms with Crippen LogP contribution in [0.5, 0.6) is 23.0 Å². The van der Waals surface area contributed by atoms with Gasteiger partial charge in [0.25, 0.3) is 0 Å². The van der Waals surface area contributed by atoms with Gasteiger partial charge >= 0.3 is 5.97 Å². The molecule has 2 aromatic rings. The first kappa shape index (κ1) is 16.3. The summed E-state index contributed by atoms with van der Waals surface area (Å²) in [5.74, 6) is 1.01. The maximum atomic E-state index is 12.5. The molecule has 7 heteroatoms. The van der Waals surface area contributed by atoms with E-state index < -0.39 is 12.1 Å². The third-order valence-electron chi connectivity index (χ3n) is 5.59. The summed E-state index contributed by atoms with van der Waals surface area (Å²) in [6.45, 7) is 1.04. The molecule has 0 aromatic heterocycles. The maximum absolute atomic E-state index is 12.5. The van der Waals surface area contributed by atoms with Crippen molar-refractivity contribution in [1.29, 1.82) is 0 Å². The van der Waals surface area contributed by atoms with Crippen molar-refractivity contribution in [2.75, 3.05) is 27.5 Å². The fraction of sp³-hybridized carbons (Fsp3) is 0.350. The number of fused-ring (bicyclic) bond motifs is 3. The minimum atomic E-state index is -0.535. The van der Waals surface area contributed by atoms with E-state index in [1.165, 1.54) is 7.11 Å². The summed E-state index contributed by atoms with van der Waals surface area (Å²) in [6, 6.07) is 7.26. The Morgan fingerprint density at radius 1 is 1.19 bits per heavy atom. The van der Waals surface area contributed by atoms with Gasteiger partial charge in [0.1, 0.15) is 11.7 Å². The number of esters is 1. The quantitative estimate of drug-likeness (QED) is 0.815. The molecule has 27 heavy (non-hydrogen) atoms. The van der Waals surface area contributed by atoms with Crippen molar-refractivity contribution >= 4 is 5.97 Å². The number of phenols is 1. The van der Waals surface area contributed by atoms with Gasteiger partial charge in [-0.15, -0.1) is 0 Å². The van der Waals surface area contributed by atoms with Gasteiger partial charge in [0.15, 0.2) is 23.0 Å². The molecule has 7 nitrogen and oxygen atoms in total. The molecule has 1 N–H and O–H groups in total. The van der Waals surface area contributed by atoms with Crippen LogP contribution in [0.2, 0.25) is 0 Å². The highest BCUT2D eigenvalue weighted by Gasteiger charge is 2.44. The number of phenolic OH excluding ortho intramolecular Hbond substituents is 1. The molecule has 3 aliphatic rings. The van der Waals surface area contributed by atoms with Crippen molar-refractivity contribution in [1.82, 2.24) is 4.90 Å². The Bertz CT molecular complexity index is 956. The number of methoxy groups -OCH3 is 1. The van der Waals surface area contributed by atoms with Crippen LogP contribution in [-0.4, -0.2) is 43.5 Å². The normalized spacial score (nSPS) is 23.0. The molecular weight excluding hydrogens is 350 g/mol. The van der Waals surface area contributed by atoms with Gasteiger partial charge in [0, 0.05) is 12.1 Å². The fourth-order valence-electron chi connectivity index (χ4n) is 4.24. The first-order valence-electron chi connectivity index (χ1n) is 8.82. The summed E-state index contributed by atoms with van der Waals surface area (Å²) < 4.78 is 21.9. The van der Waals surface area contributed by atoms with Crippen LogP contribution in [0.4, 0.5) is 0 Å². The highest BCUT2D eigenvalue weighted by molar-refractivity contribution is 5.98. The van der Waals surface area contributed by atoms with E-state index in [2.05, 4.69) is 4.90 Å². The van der Waals surface area contributed by atoms with E-state index in [0.29, 0.717) is 11.3 Å². The van der Waals surface area contributed by atoms with E-state index in [-0.39, 0.29) is 29.9 Å². The number of hydrogen-bond donors (Lipinski definition) is 1. The molecule has 0 radical (unpaired) electrons. The summed E-state index contributed by atoms with van der Waals surface area (Å²) in [5, 5.41) is 10.4. The van der Waals surface area contributed by atoms with E-state index >= 15 is 0 Å². The average Bonchev–Trinajstić information content (AvgIpc) is 3.24. The van der Waals surface area contributed by atoms with Crippen LogP contribution in [0, 0.1) is 0 Å². The number of carbonyl (C=O) groups excluding carboxylic acids is 1. The summed E-state index contributed by atoms with van der Waals surface area (Å²) in [5.41, 5.74) is 3.06. The lowest BCUT2D eigenvalue weighted by molar-refractivity contribution is 0.00936. The molecule has 0 amide bonds. The number of rotatable bonds is 2. The van der Waals surface area contributed by atoms with Crippen LogP contribution in [0.15, 0.2) is 24.3 Å². The van der Waals surface area contributed by atoms with Crippen molar-refractivity contribution < 1.29 is 28.8 Å². The van der Waals surface area contributed by atoms with Gasteiger partial charge < -0.3 is 24.1 Å². The Morgan fingerprint density at radius 3 is 2.74 bits per heavy atom. The Balaban J connectivity index is 1.63. The van der Waals surface area contributed by atoms with Gasteiger partial charge in [-0.25, -0.2) is 4.79 Å². The van der Waals surface area contributed by atoms with Crippen LogP contribution in [0.1, 0.15) is 39.2 Å². The summed E-state index contributed by atoms with van der Waals surface area (Å²) >= 11 is 0. The maximum Gasteiger partial charge on any atom is 0.343 e. The van der Waals surface area contributed by atoms with E-state index in [4.69, 9.17) is 18.9 Å². The van der Waals surface area contributed by atoms with Gasteiger partial charge in [-0.2, -0.15) is 0 Å². The predicted octanol–water partition coefficient (Wildman–Crippen LogP) is 2.57. The number of benzene rings is 2. The molecule has 0 spiro atoms. The third kappa shape index (κ3) is 2.28. The second-order valence-corrected chi connectivity index (χ2v) is 6.99. The molecule has 0 aliphatic carbocycles. The molecule has 0 saturated heterocycles. The fourth-order valence-corrected chi connectivity index (χ4v) is 4.24. The zero-order chi connectivity index (χ0) is 18.7. The molecule has 5 rings (SSSR count). The second-order valence-electron chi connectivity index (χ2n) is 6.99. The Labute approximate surface area is 156 Å². The van der Waals surface area contributed by atoms with E-state index in [0.717, 1.165) is 29.8 Å². The first-order valence-corrected chi connectivity index (χ1v) is 8.82. The number of likely N-dealkylation sites (N-methyl/N-ethyl adjacent to an activating group) is 1. The number of nitrogens with zero attached hydrogens (tertiary/aromatic N) is 1. The second kappa shape index (κ2) is 5.79. The third-order valence-corrected chi connectivity index (χ3v) is 5.59. The van der Waals surface area contributed by atoms with Crippen LogP contribution < -0.4 is 14.2 Å². The molecular formula is C20H19NO6. The van der Waals surface area contributed by atoms with Crippen LogP contribution >= 0.6 is 0 Å². The van der Waals surface area contributed by atoms with E-state index in [1.54, 1.807) is 12.1 Å². The minimum absolute atomic E-state index is 0.174. The zero-order valence-corrected chi connectivity index (χ0v) is 15.0.